The molecule has 0 bridgehead atoms. The van der Waals surface area contributed by atoms with Crippen molar-refractivity contribution in [2.75, 3.05) is 20.6 Å². The molecule has 0 fully saturated rings. The molecule has 1 atom stereocenters. The summed E-state index contributed by atoms with van der Waals surface area (Å²) < 4.78 is 13.0. The van der Waals surface area contributed by atoms with Crippen molar-refractivity contribution in [2.24, 2.45) is 0 Å². The fourth-order valence-electron chi connectivity index (χ4n) is 2.17. The van der Waals surface area contributed by atoms with E-state index in [1.807, 2.05) is 6.07 Å². The molecule has 2 rings (SSSR count). The van der Waals surface area contributed by atoms with E-state index in [9.17, 15) is 4.39 Å². The summed E-state index contributed by atoms with van der Waals surface area (Å²) in [6.07, 6.45) is 0. The lowest BCUT2D eigenvalue weighted by atomic mass is 9.96. The summed E-state index contributed by atoms with van der Waals surface area (Å²) in [6, 6.07) is 5.68. The second-order valence-corrected chi connectivity index (χ2v) is 4.20. The number of hydrogen-bond acceptors (Lipinski definition) is 0. The van der Waals surface area contributed by atoms with Crippen LogP contribution in [0.3, 0.4) is 0 Å². The SMILES string of the molecule is C[NH+](C)[C@@H]1C[NH2+]Cc2cc(F)ccc21. The molecular formula is C11H17FN2+2. The van der Waals surface area contributed by atoms with Gasteiger partial charge in [-0.3, -0.25) is 0 Å². The number of nitrogens with one attached hydrogen (secondary N) is 1. The molecule has 0 aliphatic carbocycles. The summed E-state index contributed by atoms with van der Waals surface area (Å²) in [4.78, 5) is 1.41. The van der Waals surface area contributed by atoms with Gasteiger partial charge in [-0.15, -0.1) is 0 Å². The minimum absolute atomic E-state index is 0.119. The van der Waals surface area contributed by atoms with Crippen LogP contribution in [0.5, 0.6) is 0 Å². The van der Waals surface area contributed by atoms with Crippen molar-refractivity contribution in [3.8, 4) is 0 Å². The molecule has 1 aliphatic heterocycles. The van der Waals surface area contributed by atoms with Crippen molar-refractivity contribution in [3.05, 3.63) is 35.1 Å². The van der Waals surface area contributed by atoms with Crippen molar-refractivity contribution in [2.45, 2.75) is 12.6 Å². The van der Waals surface area contributed by atoms with Crippen LogP contribution in [0.4, 0.5) is 4.39 Å². The lowest BCUT2D eigenvalue weighted by Gasteiger charge is -2.26. The molecule has 3 N–H and O–H groups in total. The highest BCUT2D eigenvalue weighted by molar-refractivity contribution is 5.30. The third kappa shape index (κ3) is 1.65. The van der Waals surface area contributed by atoms with Crippen molar-refractivity contribution >= 4 is 0 Å². The topological polar surface area (TPSA) is 21.1 Å². The van der Waals surface area contributed by atoms with E-state index < -0.39 is 0 Å². The molecule has 2 nitrogen and oxygen atoms in total. The zero-order chi connectivity index (χ0) is 10.1. The van der Waals surface area contributed by atoms with Gasteiger partial charge >= 0.3 is 0 Å². The van der Waals surface area contributed by atoms with Gasteiger partial charge in [0.1, 0.15) is 18.9 Å². The molecule has 0 spiro atoms. The van der Waals surface area contributed by atoms with Gasteiger partial charge in [-0.2, -0.15) is 0 Å². The number of nitrogens with two attached hydrogens (primary N) is 1. The Morgan fingerprint density at radius 2 is 2.21 bits per heavy atom. The van der Waals surface area contributed by atoms with E-state index in [-0.39, 0.29) is 5.82 Å². The Morgan fingerprint density at radius 1 is 1.43 bits per heavy atom. The van der Waals surface area contributed by atoms with Crippen LogP contribution in [-0.4, -0.2) is 20.6 Å². The van der Waals surface area contributed by atoms with Gasteiger partial charge in [0.2, 0.25) is 0 Å². The lowest BCUT2D eigenvalue weighted by molar-refractivity contribution is -0.912. The first-order valence-corrected chi connectivity index (χ1v) is 5.08. The maximum absolute atomic E-state index is 13.0. The van der Waals surface area contributed by atoms with Gasteiger partial charge in [0, 0.05) is 11.1 Å². The second-order valence-electron chi connectivity index (χ2n) is 4.20. The van der Waals surface area contributed by atoms with Crippen LogP contribution >= 0.6 is 0 Å². The van der Waals surface area contributed by atoms with Crippen LogP contribution in [0.25, 0.3) is 0 Å². The molecule has 1 aromatic carbocycles. The van der Waals surface area contributed by atoms with E-state index in [1.54, 1.807) is 12.1 Å². The van der Waals surface area contributed by atoms with Crippen molar-refractivity contribution < 1.29 is 14.6 Å². The quantitative estimate of drug-likeness (QED) is 0.580. The predicted octanol–water partition coefficient (Wildman–Crippen LogP) is -0.912. The van der Waals surface area contributed by atoms with Gasteiger partial charge in [0.15, 0.2) is 6.04 Å². The number of hydrogen-bond donors (Lipinski definition) is 2. The van der Waals surface area contributed by atoms with E-state index in [1.165, 1.54) is 10.5 Å². The molecule has 1 aliphatic rings. The number of likely N-dealkylation sites (N-methyl/N-ethyl adjacent to an activating group) is 1. The highest BCUT2D eigenvalue weighted by atomic mass is 19.1. The summed E-state index contributed by atoms with van der Waals surface area (Å²) in [5, 5.41) is 2.25. The summed E-state index contributed by atoms with van der Waals surface area (Å²) in [6.45, 7) is 2.01. The van der Waals surface area contributed by atoms with Crippen LogP contribution in [0.15, 0.2) is 18.2 Å². The zero-order valence-corrected chi connectivity index (χ0v) is 8.68. The number of fused-ring (bicyclic) bond motifs is 1. The minimum atomic E-state index is -0.119. The summed E-state index contributed by atoms with van der Waals surface area (Å²) in [5.74, 6) is -0.119. The summed E-state index contributed by atoms with van der Waals surface area (Å²) in [5.41, 5.74) is 2.47. The Bertz CT molecular complexity index is 336. The number of quaternary nitrogens is 2. The highest BCUT2D eigenvalue weighted by Crippen LogP contribution is 2.17. The Morgan fingerprint density at radius 3 is 2.93 bits per heavy atom. The molecule has 0 amide bonds. The smallest absolute Gasteiger partial charge is 0.163 e. The molecule has 0 unspecified atom stereocenters. The maximum atomic E-state index is 13.0. The Kier molecular flexibility index (Phi) is 2.52. The Labute approximate surface area is 83.7 Å². The monoisotopic (exact) mass is 196 g/mol. The average molecular weight is 196 g/mol. The van der Waals surface area contributed by atoms with Crippen molar-refractivity contribution in [3.63, 3.8) is 0 Å². The third-order valence-electron chi connectivity index (χ3n) is 2.94. The van der Waals surface area contributed by atoms with Crippen molar-refractivity contribution in [1.82, 2.24) is 0 Å². The van der Waals surface area contributed by atoms with E-state index in [0.717, 1.165) is 18.7 Å². The predicted molar refractivity (Wildman–Crippen MR) is 52.4 cm³/mol. The average Bonchev–Trinajstić information content (AvgIpc) is 2.16. The molecule has 0 aromatic heterocycles. The first kappa shape index (κ1) is 9.62. The third-order valence-corrected chi connectivity index (χ3v) is 2.94. The van der Waals surface area contributed by atoms with Crippen LogP contribution in [0, 0.1) is 5.82 Å². The standard InChI is InChI=1S/C11H15FN2/c1-14(2)11-7-13-6-8-5-9(12)3-4-10(8)11/h3-5,11,13H,6-7H2,1-2H3/p+2/t11-/m1/s1. The van der Waals surface area contributed by atoms with E-state index in [0.29, 0.717) is 6.04 Å². The molecule has 14 heavy (non-hydrogen) atoms. The van der Waals surface area contributed by atoms with E-state index in [2.05, 4.69) is 19.4 Å². The Hall–Kier alpha value is -0.930. The summed E-state index contributed by atoms with van der Waals surface area (Å²) in [7, 11) is 4.30. The van der Waals surface area contributed by atoms with Crippen LogP contribution in [0.1, 0.15) is 17.2 Å². The zero-order valence-electron chi connectivity index (χ0n) is 8.68. The maximum Gasteiger partial charge on any atom is 0.163 e. The van der Waals surface area contributed by atoms with Crippen LogP contribution in [-0.2, 0) is 6.54 Å². The fourth-order valence-corrected chi connectivity index (χ4v) is 2.17. The first-order chi connectivity index (χ1) is 6.68. The summed E-state index contributed by atoms with van der Waals surface area (Å²) >= 11 is 0. The molecule has 3 heteroatoms. The minimum Gasteiger partial charge on any atom is -0.337 e. The van der Waals surface area contributed by atoms with Gasteiger partial charge < -0.3 is 10.2 Å². The molecule has 0 saturated carbocycles. The fraction of sp³-hybridized carbons (Fsp3) is 0.455. The molecule has 0 radical (unpaired) electrons. The van der Waals surface area contributed by atoms with E-state index in [4.69, 9.17) is 0 Å². The normalized spacial score (nSPS) is 21.0. The van der Waals surface area contributed by atoms with Gasteiger partial charge in [-0.05, 0) is 18.2 Å². The molecular weight excluding hydrogens is 179 g/mol. The van der Waals surface area contributed by atoms with Crippen LogP contribution in [0.2, 0.25) is 0 Å². The van der Waals surface area contributed by atoms with Gasteiger partial charge in [0.25, 0.3) is 0 Å². The van der Waals surface area contributed by atoms with E-state index >= 15 is 0 Å². The second kappa shape index (κ2) is 3.67. The van der Waals surface area contributed by atoms with Crippen LogP contribution < -0.4 is 10.2 Å². The van der Waals surface area contributed by atoms with Gasteiger partial charge in [-0.25, -0.2) is 4.39 Å². The molecule has 1 aromatic rings. The molecule has 0 saturated heterocycles. The molecule has 1 heterocycles. The van der Waals surface area contributed by atoms with Gasteiger partial charge in [-0.1, -0.05) is 0 Å². The number of halogens is 1. The Balaban J connectivity index is 2.40. The van der Waals surface area contributed by atoms with Gasteiger partial charge in [0.05, 0.1) is 14.1 Å². The largest absolute Gasteiger partial charge is 0.337 e. The van der Waals surface area contributed by atoms with Crippen molar-refractivity contribution in [1.29, 1.82) is 0 Å². The lowest BCUT2D eigenvalue weighted by Crippen LogP contribution is -3.10. The molecule has 76 valence electrons. The highest BCUT2D eigenvalue weighted by Gasteiger charge is 2.27. The first-order valence-electron chi connectivity index (χ1n) is 5.08. The number of benzene rings is 1. The number of rotatable bonds is 1.